The number of hydrogen-bond acceptors (Lipinski definition) is 8. The van der Waals surface area contributed by atoms with Gasteiger partial charge in [0.15, 0.2) is 0 Å². The summed E-state index contributed by atoms with van der Waals surface area (Å²) in [6.07, 6.45) is 4.70. The smallest absolute Gasteiger partial charge is 0.264 e. The van der Waals surface area contributed by atoms with Gasteiger partial charge < -0.3 is 10.6 Å². The number of pyridine rings is 2. The first-order valence-corrected chi connectivity index (χ1v) is 11.8. The van der Waals surface area contributed by atoms with E-state index in [-0.39, 0.29) is 4.90 Å². The van der Waals surface area contributed by atoms with Crippen molar-refractivity contribution in [1.29, 1.82) is 0 Å². The lowest BCUT2D eigenvalue weighted by molar-refractivity contribution is 0.602. The van der Waals surface area contributed by atoms with Gasteiger partial charge in [-0.3, -0.25) is 9.71 Å². The molecule has 0 radical (unpaired) electrons. The molecule has 9 nitrogen and oxygen atoms in total. The first-order chi connectivity index (χ1) is 16.6. The lowest BCUT2D eigenvalue weighted by atomic mass is 10.2. The van der Waals surface area contributed by atoms with Crippen LogP contribution in [0.25, 0.3) is 10.9 Å². The number of hydrogen-bond donors (Lipinski definition) is 3. The lowest BCUT2D eigenvalue weighted by Gasteiger charge is -2.11. The molecule has 3 aromatic heterocycles. The molecule has 0 unspecified atom stereocenters. The Labute approximate surface area is 196 Å². The normalized spacial score (nSPS) is 11.2. The molecule has 0 saturated heterocycles. The predicted octanol–water partition coefficient (Wildman–Crippen LogP) is 4.71. The summed E-state index contributed by atoms with van der Waals surface area (Å²) in [5.41, 5.74) is 1.59. The second kappa shape index (κ2) is 9.12. The molecule has 5 aromatic rings. The number of rotatable bonds is 7. The van der Waals surface area contributed by atoms with E-state index < -0.39 is 10.0 Å². The minimum absolute atomic E-state index is 0.127. The van der Waals surface area contributed by atoms with Gasteiger partial charge in [-0.25, -0.2) is 23.4 Å². The topological polar surface area (TPSA) is 122 Å². The molecular formula is C24H19N7O2S. The molecule has 0 saturated carbocycles. The third kappa shape index (κ3) is 4.76. The van der Waals surface area contributed by atoms with Gasteiger partial charge in [0, 0.05) is 35.2 Å². The molecule has 5 rings (SSSR count). The monoisotopic (exact) mass is 469 g/mol. The van der Waals surface area contributed by atoms with E-state index in [4.69, 9.17) is 0 Å². The maximum atomic E-state index is 13.0. The van der Waals surface area contributed by atoms with Crippen molar-refractivity contribution in [2.75, 3.05) is 15.4 Å². The second-order valence-electron chi connectivity index (χ2n) is 7.27. The average Bonchev–Trinajstić information content (AvgIpc) is 2.86. The number of para-hydroxylation sites is 1. The molecule has 168 valence electrons. The van der Waals surface area contributed by atoms with Gasteiger partial charge in [-0.05, 0) is 48.5 Å². The fourth-order valence-electron chi connectivity index (χ4n) is 3.33. The first-order valence-electron chi connectivity index (χ1n) is 10.3. The summed E-state index contributed by atoms with van der Waals surface area (Å²) in [4.78, 5) is 17.0. The van der Waals surface area contributed by atoms with Gasteiger partial charge in [0.1, 0.15) is 28.7 Å². The van der Waals surface area contributed by atoms with E-state index in [2.05, 4.69) is 35.3 Å². The Morgan fingerprint density at radius 3 is 2.15 bits per heavy atom. The Balaban J connectivity index is 1.30. The Bertz CT molecular complexity index is 1540. The Kier molecular flexibility index (Phi) is 5.71. The van der Waals surface area contributed by atoms with Gasteiger partial charge >= 0.3 is 0 Å². The van der Waals surface area contributed by atoms with Crippen molar-refractivity contribution in [3.05, 3.63) is 97.6 Å². The van der Waals surface area contributed by atoms with Crippen LogP contribution in [0.5, 0.6) is 0 Å². The van der Waals surface area contributed by atoms with E-state index in [1.54, 1.807) is 60.9 Å². The highest BCUT2D eigenvalue weighted by Gasteiger charge is 2.18. The van der Waals surface area contributed by atoms with E-state index >= 15 is 0 Å². The van der Waals surface area contributed by atoms with Crippen molar-refractivity contribution in [3.8, 4) is 0 Å². The van der Waals surface area contributed by atoms with Crippen LogP contribution in [0.1, 0.15) is 0 Å². The fraction of sp³-hybridized carbons (Fsp3) is 0. The maximum absolute atomic E-state index is 13.0. The van der Waals surface area contributed by atoms with Crippen LogP contribution in [0.3, 0.4) is 0 Å². The van der Waals surface area contributed by atoms with Crippen LogP contribution in [0.2, 0.25) is 0 Å². The zero-order valence-corrected chi connectivity index (χ0v) is 18.6. The minimum Gasteiger partial charge on any atom is -0.340 e. The van der Waals surface area contributed by atoms with E-state index in [0.717, 1.165) is 11.1 Å². The van der Waals surface area contributed by atoms with Crippen LogP contribution >= 0.6 is 0 Å². The zero-order valence-electron chi connectivity index (χ0n) is 17.8. The Morgan fingerprint density at radius 1 is 0.618 bits per heavy atom. The maximum Gasteiger partial charge on any atom is 0.264 e. The molecule has 3 heterocycles. The van der Waals surface area contributed by atoms with Crippen molar-refractivity contribution in [2.45, 2.75) is 4.90 Å². The average molecular weight is 470 g/mol. The number of aromatic nitrogens is 4. The van der Waals surface area contributed by atoms with Gasteiger partial charge in [0.05, 0.1) is 5.52 Å². The van der Waals surface area contributed by atoms with Gasteiger partial charge in [0.2, 0.25) is 0 Å². The molecule has 2 aromatic carbocycles. The Hall–Kier alpha value is -4.57. The van der Waals surface area contributed by atoms with Crippen LogP contribution in [0.4, 0.5) is 28.8 Å². The molecule has 34 heavy (non-hydrogen) atoms. The summed E-state index contributed by atoms with van der Waals surface area (Å²) in [6, 6.07) is 22.8. The fourth-order valence-corrected chi connectivity index (χ4v) is 4.57. The van der Waals surface area contributed by atoms with E-state index in [0.29, 0.717) is 28.7 Å². The van der Waals surface area contributed by atoms with Crippen LogP contribution in [-0.4, -0.2) is 28.4 Å². The summed E-state index contributed by atoms with van der Waals surface area (Å²) in [7, 11) is -3.81. The highest BCUT2D eigenvalue weighted by molar-refractivity contribution is 7.93. The summed E-state index contributed by atoms with van der Waals surface area (Å²) in [6.45, 7) is 0. The van der Waals surface area contributed by atoms with Crippen LogP contribution < -0.4 is 15.4 Å². The van der Waals surface area contributed by atoms with Gasteiger partial charge in [0.25, 0.3) is 10.0 Å². The number of anilines is 5. The largest absolute Gasteiger partial charge is 0.340 e. The van der Waals surface area contributed by atoms with Crippen LogP contribution in [0, 0.1) is 0 Å². The number of fused-ring (bicyclic) bond motifs is 1. The number of nitrogens with zero attached hydrogens (tertiary/aromatic N) is 4. The van der Waals surface area contributed by atoms with Gasteiger partial charge in [-0.1, -0.05) is 24.3 Å². The molecule has 3 N–H and O–H groups in total. The number of nitrogens with one attached hydrogen (secondary N) is 3. The summed E-state index contributed by atoms with van der Waals surface area (Å²) in [5, 5.41) is 7.04. The molecule has 0 aliphatic carbocycles. The summed E-state index contributed by atoms with van der Waals surface area (Å²) >= 11 is 0. The predicted molar refractivity (Wildman–Crippen MR) is 132 cm³/mol. The van der Waals surface area contributed by atoms with E-state index in [1.807, 2.05) is 30.3 Å². The number of benzene rings is 2. The first kappa shape index (κ1) is 21.3. The third-order valence-electron chi connectivity index (χ3n) is 4.88. The van der Waals surface area contributed by atoms with Crippen molar-refractivity contribution in [2.24, 2.45) is 0 Å². The molecule has 0 amide bonds. The molecule has 0 atom stereocenters. The molecule has 0 fully saturated rings. The van der Waals surface area contributed by atoms with E-state index in [1.165, 1.54) is 6.33 Å². The molecule has 0 aliphatic rings. The van der Waals surface area contributed by atoms with Gasteiger partial charge in [-0.2, -0.15) is 0 Å². The lowest BCUT2D eigenvalue weighted by Crippen LogP contribution is -2.13. The highest BCUT2D eigenvalue weighted by Crippen LogP contribution is 2.25. The van der Waals surface area contributed by atoms with Gasteiger partial charge in [-0.15, -0.1) is 0 Å². The molecule has 0 aliphatic heterocycles. The Morgan fingerprint density at radius 2 is 1.35 bits per heavy atom. The van der Waals surface area contributed by atoms with Crippen molar-refractivity contribution < 1.29 is 8.42 Å². The molecular weight excluding hydrogens is 450 g/mol. The molecule has 0 spiro atoms. The summed E-state index contributed by atoms with van der Waals surface area (Å²) < 4.78 is 28.6. The second-order valence-corrected chi connectivity index (χ2v) is 8.92. The van der Waals surface area contributed by atoms with Crippen molar-refractivity contribution in [1.82, 2.24) is 19.9 Å². The molecule has 10 heteroatoms. The zero-order chi connectivity index (χ0) is 23.4. The van der Waals surface area contributed by atoms with E-state index in [9.17, 15) is 8.42 Å². The molecule has 0 bridgehead atoms. The highest BCUT2D eigenvalue weighted by atomic mass is 32.2. The minimum atomic E-state index is -3.81. The summed E-state index contributed by atoms with van der Waals surface area (Å²) in [5.74, 6) is 1.83. The number of sulfonamides is 1. The van der Waals surface area contributed by atoms with Crippen LogP contribution in [0.15, 0.2) is 102 Å². The third-order valence-corrected chi connectivity index (χ3v) is 6.30. The SMILES string of the molecule is O=S(=O)(Nc1ccc(Nc2cc(Nc3ccccn3)ncn2)cc1)c1cccc2cccnc12. The standard InChI is InChI=1S/C24H19N7O2S/c32-34(33,20-7-3-5-17-6-4-14-26-24(17)20)31-19-11-9-18(10-12-19)29-22-15-23(28-16-27-22)30-21-8-1-2-13-25-21/h1-16,31H,(H2,25,27,28,29,30). The quantitative estimate of drug-likeness (QED) is 0.313. The van der Waals surface area contributed by atoms with Crippen molar-refractivity contribution >= 4 is 49.8 Å². The van der Waals surface area contributed by atoms with Crippen molar-refractivity contribution in [3.63, 3.8) is 0 Å². The van der Waals surface area contributed by atoms with Crippen LogP contribution in [-0.2, 0) is 10.0 Å².